The number of benzene rings is 1. The van der Waals surface area contributed by atoms with Crippen molar-refractivity contribution in [1.29, 1.82) is 0 Å². The van der Waals surface area contributed by atoms with Crippen LogP contribution in [0.3, 0.4) is 0 Å². The van der Waals surface area contributed by atoms with E-state index in [0.29, 0.717) is 26.2 Å². The summed E-state index contributed by atoms with van der Waals surface area (Å²) in [6.07, 6.45) is 2.39. The Morgan fingerprint density at radius 2 is 1.69 bits per heavy atom. The first kappa shape index (κ1) is 22.7. The van der Waals surface area contributed by atoms with Gasteiger partial charge in [0.1, 0.15) is 11.9 Å². The highest BCUT2D eigenvalue weighted by molar-refractivity contribution is 5.82. The van der Waals surface area contributed by atoms with Crippen LogP contribution in [-0.2, 0) is 15.6 Å². The van der Waals surface area contributed by atoms with Gasteiger partial charge in [-0.3, -0.25) is 4.79 Å². The molecular formula is C26H36N4O2. The van der Waals surface area contributed by atoms with Crippen LogP contribution in [0, 0.1) is 0 Å². The van der Waals surface area contributed by atoms with E-state index in [1.54, 1.807) is 4.90 Å². The lowest BCUT2D eigenvalue weighted by molar-refractivity contribution is -0.133. The minimum atomic E-state index is -0.832. The predicted molar refractivity (Wildman–Crippen MR) is 129 cm³/mol. The molecule has 6 heteroatoms. The van der Waals surface area contributed by atoms with E-state index < -0.39 is 6.04 Å². The van der Waals surface area contributed by atoms with Crippen molar-refractivity contribution in [2.24, 2.45) is 5.73 Å². The Balaban J connectivity index is 1.55. The number of fused-ring (bicyclic) bond motifs is 1. The number of aromatic nitrogens is 1. The minimum Gasteiger partial charge on any atom is -0.394 e. The van der Waals surface area contributed by atoms with E-state index >= 15 is 0 Å². The highest BCUT2D eigenvalue weighted by atomic mass is 16.3. The third-order valence-corrected chi connectivity index (χ3v) is 7.31. The number of hydrogen-bond acceptors (Lipinski definition) is 5. The van der Waals surface area contributed by atoms with Gasteiger partial charge in [0.15, 0.2) is 0 Å². The van der Waals surface area contributed by atoms with Crippen molar-refractivity contribution in [2.75, 3.05) is 37.7 Å². The first-order valence-corrected chi connectivity index (χ1v) is 11.6. The number of aliphatic hydroxyl groups is 1. The lowest BCUT2D eigenvalue weighted by Gasteiger charge is -2.42. The Morgan fingerprint density at radius 1 is 1.03 bits per heavy atom. The maximum atomic E-state index is 12.2. The van der Waals surface area contributed by atoms with Crippen molar-refractivity contribution in [3.63, 3.8) is 0 Å². The summed E-state index contributed by atoms with van der Waals surface area (Å²) >= 11 is 0. The summed E-state index contributed by atoms with van der Waals surface area (Å²) in [6, 6.07) is 12.2. The van der Waals surface area contributed by atoms with Crippen LogP contribution in [0.5, 0.6) is 0 Å². The van der Waals surface area contributed by atoms with Gasteiger partial charge in [-0.15, -0.1) is 0 Å². The van der Waals surface area contributed by atoms with Gasteiger partial charge in [-0.1, -0.05) is 45.9 Å². The second kappa shape index (κ2) is 8.49. The smallest absolute Gasteiger partial charge is 0.241 e. The second-order valence-electron chi connectivity index (χ2n) is 10.5. The Hall–Kier alpha value is -2.44. The number of hydrogen-bond donors (Lipinski definition) is 2. The quantitative estimate of drug-likeness (QED) is 0.770. The molecule has 1 fully saturated rings. The Bertz CT molecular complexity index is 993. The molecule has 1 aromatic heterocycles. The number of piperazine rings is 1. The molecule has 3 N–H and O–H groups in total. The van der Waals surface area contributed by atoms with E-state index in [0.717, 1.165) is 17.1 Å². The van der Waals surface area contributed by atoms with Gasteiger partial charge >= 0.3 is 0 Å². The number of pyridine rings is 1. The van der Waals surface area contributed by atoms with Gasteiger partial charge in [0, 0.05) is 31.7 Å². The average molecular weight is 437 g/mol. The first-order valence-electron chi connectivity index (χ1n) is 11.6. The molecule has 1 aliphatic heterocycles. The molecule has 172 valence electrons. The van der Waals surface area contributed by atoms with E-state index in [-0.39, 0.29) is 23.3 Å². The van der Waals surface area contributed by atoms with Crippen LogP contribution in [0.15, 0.2) is 36.4 Å². The van der Waals surface area contributed by atoms with Gasteiger partial charge in [-0.05, 0) is 53.0 Å². The number of amides is 1. The van der Waals surface area contributed by atoms with E-state index in [4.69, 9.17) is 15.8 Å². The van der Waals surface area contributed by atoms with Crippen molar-refractivity contribution < 1.29 is 9.90 Å². The molecule has 4 rings (SSSR count). The molecule has 6 nitrogen and oxygen atoms in total. The molecule has 2 heterocycles. The van der Waals surface area contributed by atoms with Gasteiger partial charge in [0.2, 0.25) is 5.91 Å². The maximum absolute atomic E-state index is 12.2. The van der Waals surface area contributed by atoms with Gasteiger partial charge in [-0.25, -0.2) is 4.98 Å². The molecule has 2 aromatic rings. The van der Waals surface area contributed by atoms with Crippen LogP contribution in [0.2, 0.25) is 0 Å². The van der Waals surface area contributed by atoms with Crippen LogP contribution in [0.4, 0.5) is 5.82 Å². The second-order valence-corrected chi connectivity index (χ2v) is 10.5. The zero-order valence-electron chi connectivity index (χ0n) is 19.8. The minimum absolute atomic E-state index is 0.163. The van der Waals surface area contributed by atoms with Crippen LogP contribution in [-0.4, -0.2) is 59.7 Å². The lowest BCUT2D eigenvalue weighted by Crippen LogP contribution is -2.54. The number of nitrogens with two attached hydrogens (primary N) is 1. The number of carbonyl (C=O) groups excluding carboxylic acids is 1. The molecule has 1 atom stereocenters. The van der Waals surface area contributed by atoms with Crippen molar-refractivity contribution in [3.8, 4) is 11.3 Å². The Labute approximate surface area is 191 Å². The van der Waals surface area contributed by atoms with Crippen LogP contribution >= 0.6 is 0 Å². The van der Waals surface area contributed by atoms with E-state index in [2.05, 4.69) is 62.9 Å². The number of nitrogens with zero attached hydrogens (tertiary/aromatic N) is 3. The summed E-state index contributed by atoms with van der Waals surface area (Å²) < 4.78 is 0. The maximum Gasteiger partial charge on any atom is 0.241 e. The van der Waals surface area contributed by atoms with Crippen molar-refractivity contribution >= 4 is 11.7 Å². The number of aliphatic hydroxyl groups excluding tert-OH is 1. The fraction of sp³-hybridized carbons (Fsp3) is 0.538. The third-order valence-electron chi connectivity index (χ3n) is 7.31. The normalized spacial score (nSPS) is 20.6. The molecule has 0 saturated carbocycles. The summed E-state index contributed by atoms with van der Waals surface area (Å²) in [7, 11) is 0. The number of anilines is 1. The van der Waals surface area contributed by atoms with Crippen molar-refractivity contribution in [3.05, 3.63) is 47.5 Å². The zero-order chi connectivity index (χ0) is 23.1. The van der Waals surface area contributed by atoms with Crippen LogP contribution in [0.1, 0.15) is 51.7 Å². The standard InChI is InChI=1S/C26H36N4O2/c1-25(2)10-11-26(3,4)20-16-18(8-9-19(20)25)22-6-5-7-23(28-22)29-12-14-30(15-13-29)24(32)21(27)17-31/h5-9,16,21,31H,10-15,17,27H2,1-4H3/t21-/m0/s1. The van der Waals surface area contributed by atoms with Crippen molar-refractivity contribution in [2.45, 2.75) is 57.4 Å². The highest BCUT2D eigenvalue weighted by Gasteiger charge is 2.37. The molecule has 1 amide bonds. The van der Waals surface area contributed by atoms with E-state index in [9.17, 15) is 4.79 Å². The topological polar surface area (TPSA) is 82.7 Å². The summed E-state index contributed by atoms with van der Waals surface area (Å²) in [6.45, 7) is 11.6. The van der Waals surface area contributed by atoms with E-state index in [1.165, 1.54) is 24.0 Å². The third kappa shape index (κ3) is 4.26. The molecule has 2 aliphatic rings. The molecule has 32 heavy (non-hydrogen) atoms. The van der Waals surface area contributed by atoms with Crippen LogP contribution < -0.4 is 10.6 Å². The Morgan fingerprint density at radius 3 is 2.34 bits per heavy atom. The van der Waals surface area contributed by atoms with Gasteiger partial charge in [0.05, 0.1) is 12.3 Å². The highest BCUT2D eigenvalue weighted by Crippen LogP contribution is 2.46. The predicted octanol–water partition coefficient (Wildman–Crippen LogP) is 3.07. The SMILES string of the molecule is CC1(C)CCC(C)(C)c2cc(-c3cccc(N4CCN(C(=O)[C@@H](N)CO)CC4)n3)ccc21. The van der Waals surface area contributed by atoms with Gasteiger partial charge in [-0.2, -0.15) is 0 Å². The molecule has 0 bridgehead atoms. The zero-order valence-corrected chi connectivity index (χ0v) is 19.8. The fourth-order valence-electron chi connectivity index (χ4n) is 4.98. The molecule has 1 aromatic carbocycles. The Kier molecular flexibility index (Phi) is 6.03. The summed E-state index contributed by atoms with van der Waals surface area (Å²) in [5.41, 5.74) is 11.1. The molecule has 1 aliphatic carbocycles. The first-order chi connectivity index (χ1) is 15.1. The van der Waals surface area contributed by atoms with Gasteiger partial charge in [0.25, 0.3) is 0 Å². The fourth-order valence-corrected chi connectivity index (χ4v) is 4.98. The molecule has 1 saturated heterocycles. The van der Waals surface area contributed by atoms with E-state index in [1.807, 2.05) is 6.07 Å². The van der Waals surface area contributed by atoms with Crippen LogP contribution in [0.25, 0.3) is 11.3 Å². The molecular weight excluding hydrogens is 400 g/mol. The van der Waals surface area contributed by atoms with Crippen molar-refractivity contribution in [1.82, 2.24) is 9.88 Å². The largest absolute Gasteiger partial charge is 0.394 e. The monoisotopic (exact) mass is 436 g/mol. The summed E-state index contributed by atoms with van der Waals surface area (Å²) in [5.74, 6) is 0.742. The summed E-state index contributed by atoms with van der Waals surface area (Å²) in [5, 5.41) is 9.15. The molecule has 0 spiro atoms. The van der Waals surface area contributed by atoms with Gasteiger partial charge < -0.3 is 20.6 Å². The number of carbonyl (C=O) groups is 1. The average Bonchev–Trinajstić information content (AvgIpc) is 2.81. The summed E-state index contributed by atoms with van der Waals surface area (Å²) in [4.78, 5) is 21.2. The lowest BCUT2D eigenvalue weighted by atomic mass is 9.63. The molecule has 0 radical (unpaired) electrons. The molecule has 0 unspecified atom stereocenters. The number of rotatable bonds is 4.